The van der Waals surface area contributed by atoms with Crippen LogP contribution >= 0.6 is 0 Å². The first-order valence-electron chi connectivity index (χ1n) is 11.0. The van der Waals surface area contributed by atoms with Gasteiger partial charge in [0.15, 0.2) is 0 Å². The molecule has 4 atom stereocenters. The second-order valence-electron chi connectivity index (χ2n) is 10.3. The van der Waals surface area contributed by atoms with Crippen molar-refractivity contribution in [2.45, 2.75) is 64.8 Å². The van der Waals surface area contributed by atoms with Crippen LogP contribution in [0.1, 0.15) is 51.2 Å². The molecule has 0 bridgehead atoms. The van der Waals surface area contributed by atoms with E-state index in [1.165, 1.54) is 12.1 Å². The van der Waals surface area contributed by atoms with Gasteiger partial charge in [0.2, 0.25) is 5.91 Å². The smallest absolute Gasteiger partial charge is 0.416 e. The molecule has 9 heteroatoms. The van der Waals surface area contributed by atoms with Crippen molar-refractivity contribution in [2.24, 2.45) is 17.3 Å². The summed E-state index contributed by atoms with van der Waals surface area (Å²) in [5.41, 5.74) is -0.0364. The maximum absolute atomic E-state index is 12.8. The maximum Gasteiger partial charge on any atom is 0.416 e. The van der Waals surface area contributed by atoms with Crippen molar-refractivity contribution in [3.8, 4) is 0 Å². The van der Waals surface area contributed by atoms with E-state index in [0.29, 0.717) is 18.9 Å². The summed E-state index contributed by atoms with van der Waals surface area (Å²) < 4.78 is 38.3. The molecule has 32 heavy (non-hydrogen) atoms. The molecule has 6 nitrogen and oxygen atoms in total. The summed E-state index contributed by atoms with van der Waals surface area (Å²) in [5, 5.41) is 14.5. The molecule has 1 aromatic rings. The number of nitrogens with one attached hydrogen (secondary N) is 2. The summed E-state index contributed by atoms with van der Waals surface area (Å²) in [6, 6.07) is 4.43. The molecule has 2 aliphatic rings. The Morgan fingerprint density at radius 1 is 1.12 bits per heavy atom. The monoisotopic (exact) mass is 455 g/mol. The Morgan fingerprint density at radius 3 is 2.34 bits per heavy atom. The van der Waals surface area contributed by atoms with E-state index in [1.54, 1.807) is 0 Å². The van der Waals surface area contributed by atoms with Gasteiger partial charge in [-0.15, -0.1) is 0 Å². The number of alkyl halides is 3. The molecule has 178 valence electrons. The number of carbonyl (C=O) groups excluding carboxylic acids is 1. The van der Waals surface area contributed by atoms with E-state index in [1.807, 2.05) is 20.8 Å². The number of carbonyl (C=O) groups is 2. The Hall–Kier alpha value is -2.29. The summed E-state index contributed by atoms with van der Waals surface area (Å²) in [5.74, 6) is 0.380. The predicted octanol–water partition coefficient (Wildman–Crippen LogP) is 4.10. The van der Waals surface area contributed by atoms with Crippen LogP contribution in [0.3, 0.4) is 0 Å². The molecule has 1 saturated heterocycles. The fraction of sp³-hybridized carbons (Fsp3) is 0.652. The molecule has 2 amide bonds. The summed E-state index contributed by atoms with van der Waals surface area (Å²) in [6.45, 7) is 8.04. The van der Waals surface area contributed by atoms with Gasteiger partial charge in [0, 0.05) is 25.7 Å². The van der Waals surface area contributed by atoms with E-state index in [-0.39, 0.29) is 23.3 Å². The van der Waals surface area contributed by atoms with Crippen LogP contribution in [0.2, 0.25) is 0 Å². The standard InChI is InChI=1S/C23H32F3N3O3/c1-22(2,3)10-19(28-21(31)32)20(30)27-18-9-6-15-12-29(13-17(15)18)11-14-4-7-16(8-5-14)23(24,25)26/h4-5,7-8,15,17-19,28H,6,9-13H2,1-3H3,(H,27,30)(H,31,32)/t15-,17+,18+,19?/m1/s1. The molecule has 0 spiro atoms. The van der Waals surface area contributed by atoms with Crippen LogP contribution in [0, 0.1) is 17.3 Å². The lowest BCUT2D eigenvalue weighted by Crippen LogP contribution is -2.51. The molecular formula is C23H32F3N3O3. The van der Waals surface area contributed by atoms with Crippen LogP contribution in [0.4, 0.5) is 18.0 Å². The van der Waals surface area contributed by atoms with Crippen molar-refractivity contribution in [3.05, 3.63) is 35.4 Å². The molecule has 1 saturated carbocycles. The predicted molar refractivity (Wildman–Crippen MR) is 114 cm³/mol. The number of halogens is 3. The Balaban J connectivity index is 1.58. The number of carboxylic acid groups (broad SMARTS) is 1. The molecule has 3 rings (SSSR count). The van der Waals surface area contributed by atoms with Gasteiger partial charge >= 0.3 is 12.3 Å². The fourth-order valence-electron chi connectivity index (χ4n) is 4.98. The Morgan fingerprint density at radius 2 is 1.78 bits per heavy atom. The van der Waals surface area contributed by atoms with Gasteiger partial charge in [-0.25, -0.2) is 4.79 Å². The van der Waals surface area contributed by atoms with Crippen LogP contribution in [0.25, 0.3) is 0 Å². The second kappa shape index (κ2) is 9.29. The SMILES string of the molecule is CC(C)(C)CC(NC(=O)O)C(=O)N[C@H]1CC[C@@H]2CN(Cc3ccc(C(F)(F)F)cc3)C[C@@H]21. The largest absolute Gasteiger partial charge is 0.465 e. The van der Waals surface area contributed by atoms with E-state index < -0.39 is 23.9 Å². The van der Waals surface area contributed by atoms with Crippen molar-refractivity contribution in [1.82, 2.24) is 15.5 Å². The van der Waals surface area contributed by atoms with E-state index in [2.05, 4.69) is 15.5 Å². The summed E-state index contributed by atoms with van der Waals surface area (Å²) >= 11 is 0. The highest BCUT2D eigenvalue weighted by molar-refractivity contribution is 5.85. The van der Waals surface area contributed by atoms with Crippen LogP contribution in [-0.2, 0) is 17.5 Å². The number of nitrogens with zero attached hydrogens (tertiary/aromatic N) is 1. The highest BCUT2D eigenvalue weighted by Gasteiger charge is 2.43. The molecule has 2 fully saturated rings. The van der Waals surface area contributed by atoms with E-state index >= 15 is 0 Å². The molecule has 0 aromatic heterocycles. The van der Waals surface area contributed by atoms with Gasteiger partial charge in [-0.1, -0.05) is 32.9 Å². The third kappa shape index (κ3) is 6.37. The zero-order chi connectivity index (χ0) is 23.7. The zero-order valence-corrected chi connectivity index (χ0v) is 18.7. The molecule has 0 radical (unpaired) electrons. The lowest BCUT2D eigenvalue weighted by Gasteiger charge is -2.28. The molecule has 1 aromatic carbocycles. The number of benzene rings is 1. The van der Waals surface area contributed by atoms with Gasteiger partial charge in [0.1, 0.15) is 6.04 Å². The first-order chi connectivity index (χ1) is 14.8. The topological polar surface area (TPSA) is 81.7 Å². The number of rotatable bonds is 6. The highest BCUT2D eigenvalue weighted by atomic mass is 19.4. The van der Waals surface area contributed by atoms with Crippen molar-refractivity contribution in [2.75, 3.05) is 13.1 Å². The van der Waals surface area contributed by atoms with Crippen molar-refractivity contribution >= 4 is 12.0 Å². The van der Waals surface area contributed by atoms with Gasteiger partial charge < -0.3 is 15.7 Å². The minimum absolute atomic E-state index is 0.0248. The van der Waals surface area contributed by atoms with E-state index in [4.69, 9.17) is 5.11 Å². The summed E-state index contributed by atoms with van der Waals surface area (Å²) in [6.07, 6.45) is -3.34. The van der Waals surface area contributed by atoms with Gasteiger partial charge in [0.25, 0.3) is 0 Å². The van der Waals surface area contributed by atoms with Crippen LogP contribution in [-0.4, -0.2) is 47.2 Å². The Kier molecular flexibility index (Phi) is 7.07. The third-order valence-electron chi connectivity index (χ3n) is 6.38. The summed E-state index contributed by atoms with van der Waals surface area (Å²) in [4.78, 5) is 26.2. The Labute approximate surface area is 186 Å². The maximum atomic E-state index is 12.8. The van der Waals surface area contributed by atoms with Crippen LogP contribution in [0.5, 0.6) is 0 Å². The van der Waals surface area contributed by atoms with Gasteiger partial charge in [-0.05, 0) is 54.2 Å². The van der Waals surface area contributed by atoms with Crippen LogP contribution in [0.15, 0.2) is 24.3 Å². The van der Waals surface area contributed by atoms with Crippen molar-refractivity contribution < 1.29 is 27.9 Å². The lowest BCUT2D eigenvalue weighted by molar-refractivity contribution is -0.137. The first kappa shape index (κ1) is 24.4. The van der Waals surface area contributed by atoms with Crippen molar-refractivity contribution in [3.63, 3.8) is 0 Å². The highest BCUT2D eigenvalue weighted by Crippen LogP contribution is 2.39. The lowest BCUT2D eigenvalue weighted by atomic mass is 9.87. The number of hydrogen-bond donors (Lipinski definition) is 3. The normalized spacial score (nSPS) is 24.8. The van der Waals surface area contributed by atoms with E-state index in [0.717, 1.165) is 43.6 Å². The van der Waals surface area contributed by atoms with Crippen molar-refractivity contribution in [1.29, 1.82) is 0 Å². The fourth-order valence-corrected chi connectivity index (χ4v) is 4.98. The first-order valence-corrected chi connectivity index (χ1v) is 11.0. The van der Waals surface area contributed by atoms with E-state index in [9.17, 15) is 22.8 Å². The molecule has 1 heterocycles. The second-order valence-corrected chi connectivity index (χ2v) is 10.3. The number of amides is 2. The molecule has 1 unspecified atom stereocenters. The van der Waals surface area contributed by atoms with Gasteiger partial charge in [-0.3, -0.25) is 9.69 Å². The molecule has 1 aliphatic carbocycles. The summed E-state index contributed by atoms with van der Waals surface area (Å²) in [7, 11) is 0. The zero-order valence-electron chi connectivity index (χ0n) is 18.7. The average Bonchev–Trinajstić information content (AvgIpc) is 3.20. The molecule has 3 N–H and O–H groups in total. The molecule has 1 aliphatic heterocycles. The number of likely N-dealkylation sites (tertiary alicyclic amines) is 1. The van der Waals surface area contributed by atoms with Crippen LogP contribution < -0.4 is 10.6 Å². The minimum atomic E-state index is -4.34. The van der Waals surface area contributed by atoms with Gasteiger partial charge in [0.05, 0.1) is 5.56 Å². The quantitative estimate of drug-likeness (QED) is 0.603. The minimum Gasteiger partial charge on any atom is -0.465 e. The average molecular weight is 456 g/mol. The Bertz CT molecular complexity index is 821. The van der Waals surface area contributed by atoms with Gasteiger partial charge in [-0.2, -0.15) is 13.2 Å². The number of fused-ring (bicyclic) bond motifs is 1. The number of hydrogen-bond acceptors (Lipinski definition) is 3. The molecular weight excluding hydrogens is 423 g/mol. The third-order valence-corrected chi connectivity index (χ3v) is 6.38.